The summed E-state index contributed by atoms with van der Waals surface area (Å²) in [4.78, 5) is 22.9. The fourth-order valence-electron chi connectivity index (χ4n) is 1.90. The van der Waals surface area contributed by atoms with Crippen LogP contribution in [0.2, 0.25) is 18.1 Å². The fraction of sp³-hybridized carbons (Fsp3) is 0.857. The van der Waals surface area contributed by atoms with E-state index in [1.54, 1.807) is 0 Å². The summed E-state index contributed by atoms with van der Waals surface area (Å²) in [6, 6.07) is 0. The summed E-state index contributed by atoms with van der Waals surface area (Å²) >= 11 is 0. The average Bonchev–Trinajstić information content (AvgIpc) is 2.31. The molecule has 1 rings (SSSR count). The van der Waals surface area contributed by atoms with Gasteiger partial charge in [0, 0.05) is 5.92 Å². The first kappa shape index (κ1) is 17.2. The Hall–Kier alpha value is -0.883. The van der Waals surface area contributed by atoms with Crippen molar-refractivity contribution in [2.45, 2.75) is 57.8 Å². The average molecular weight is 302 g/mol. The standard InChI is InChI=1S/C14H26O5Si/c1-14(2,3)20(5,6)19-11-9-18-13(16)8-10(11)7-12(15)17-4/h10-11H,7-9H2,1-6H3/t10-,11-/m1/s1. The number of esters is 2. The zero-order valence-corrected chi connectivity index (χ0v) is 14.3. The van der Waals surface area contributed by atoms with Crippen LogP contribution in [0.1, 0.15) is 33.6 Å². The van der Waals surface area contributed by atoms with Gasteiger partial charge in [0.05, 0.1) is 26.1 Å². The minimum Gasteiger partial charge on any atom is -0.469 e. The van der Waals surface area contributed by atoms with Crippen molar-refractivity contribution in [2.24, 2.45) is 5.92 Å². The lowest BCUT2D eigenvalue weighted by atomic mass is 9.93. The van der Waals surface area contributed by atoms with E-state index in [0.29, 0.717) is 0 Å². The molecule has 1 saturated heterocycles. The highest BCUT2D eigenvalue weighted by atomic mass is 28.4. The molecule has 0 saturated carbocycles. The van der Waals surface area contributed by atoms with E-state index in [1.807, 2.05) is 0 Å². The number of cyclic esters (lactones) is 1. The maximum absolute atomic E-state index is 11.5. The SMILES string of the molecule is COC(=O)C[C@@H]1CC(=O)OC[C@H]1O[Si](C)(C)C(C)(C)C. The minimum absolute atomic E-state index is 0.0737. The van der Waals surface area contributed by atoms with Crippen molar-refractivity contribution in [3.63, 3.8) is 0 Å². The molecule has 0 unspecified atom stereocenters. The van der Waals surface area contributed by atoms with Gasteiger partial charge in [-0.1, -0.05) is 20.8 Å². The van der Waals surface area contributed by atoms with E-state index >= 15 is 0 Å². The summed E-state index contributed by atoms with van der Waals surface area (Å²) < 4.78 is 16.1. The molecule has 0 aromatic heterocycles. The van der Waals surface area contributed by atoms with E-state index in [1.165, 1.54) is 7.11 Å². The molecule has 0 aromatic rings. The van der Waals surface area contributed by atoms with Gasteiger partial charge in [-0.3, -0.25) is 9.59 Å². The highest BCUT2D eigenvalue weighted by molar-refractivity contribution is 6.74. The highest BCUT2D eigenvalue weighted by Crippen LogP contribution is 2.39. The zero-order chi connectivity index (χ0) is 15.6. The fourth-order valence-corrected chi connectivity index (χ4v) is 3.27. The number of hydrogen-bond acceptors (Lipinski definition) is 5. The Kier molecular flexibility index (Phi) is 5.37. The second-order valence-corrected chi connectivity index (χ2v) is 11.6. The summed E-state index contributed by atoms with van der Waals surface area (Å²) in [7, 11) is -0.606. The van der Waals surface area contributed by atoms with Crippen molar-refractivity contribution < 1.29 is 23.5 Å². The van der Waals surface area contributed by atoms with E-state index in [-0.39, 0.29) is 48.4 Å². The lowest BCUT2D eigenvalue weighted by Crippen LogP contribution is -2.49. The lowest BCUT2D eigenvalue weighted by molar-refractivity contribution is -0.159. The number of carbonyl (C=O) groups excluding carboxylic acids is 2. The van der Waals surface area contributed by atoms with Crippen LogP contribution >= 0.6 is 0 Å². The predicted octanol–water partition coefficient (Wildman–Crippen LogP) is 2.50. The van der Waals surface area contributed by atoms with Crippen molar-refractivity contribution >= 4 is 20.3 Å². The van der Waals surface area contributed by atoms with E-state index < -0.39 is 8.32 Å². The molecular formula is C14H26O5Si. The number of methoxy groups -OCH3 is 1. The smallest absolute Gasteiger partial charge is 0.306 e. The molecule has 0 radical (unpaired) electrons. The van der Waals surface area contributed by atoms with Crippen LogP contribution in [0.4, 0.5) is 0 Å². The van der Waals surface area contributed by atoms with Crippen LogP contribution in [0, 0.1) is 5.92 Å². The predicted molar refractivity (Wildman–Crippen MR) is 77.8 cm³/mol. The number of hydrogen-bond donors (Lipinski definition) is 0. The molecule has 0 amide bonds. The van der Waals surface area contributed by atoms with Gasteiger partial charge in [0.2, 0.25) is 0 Å². The maximum Gasteiger partial charge on any atom is 0.306 e. The first-order valence-corrected chi connectivity index (χ1v) is 9.88. The van der Waals surface area contributed by atoms with Crippen LogP contribution < -0.4 is 0 Å². The Balaban J connectivity index is 2.79. The van der Waals surface area contributed by atoms with Gasteiger partial charge >= 0.3 is 11.9 Å². The quantitative estimate of drug-likeness (QED) is 0.590. The largest absolute Gasteiger partial charge is 0.469 e. The van der Waals surface area contributed by atoms with Crippen LogP contribution in [0.15, 0.2) is 0 Å². The van der Waals surface area contributed by atoms with Gasteiger partial charge < -0.3 is 13.9 Å². The van der Waals surface area contributed by atoms with Crippen molar-refractivity contribution in [3.05, 3.63) is 0 Å². The van der Waals surface area contributed by atoms with Crippen LogP contribution in [0.5, 0.6) is 0 Å². The highest BCUT2D eigenvalue weighted by Gasteiger charge is 2.43. The molecule has 2 atom stereocenters. The Morgan fingerprint density at radius 3 is 2.50 bits per heavy atom. The number of rotatable bonds is 4. The Labute approximate surface area is 122 Å². The first-order valence-electron chi connectivity index (χ1n) is 6.97. The van der Waals surface area contributed by atoms with Gasteiger partial charge in [0.1, 0.15) is 6.61 Å². The van der Waals surface area contributed by atoms with Crippen molar-refractivity contribution in [1.82, 2.24) is 0 Å². The topological polar surface area (TPSA) is 61.8 Å². The molecule has 6 heteroatoms. The molecule has 0 bridgehead atoms. The number of ether oxygens (including phenoxy) is 2. The van der Waals surface area contributed by atoms with E-state index in [2.05, 4.69) is 33.9 Å². The molecule has 0 aliphatic carbocycles. The molecular weight excluding hydrogens is 276 g/mol. The molecule has 0 aromatic carbocycles. The molecule has 0 N–H and O–H groups in total. The van der Waals surface area contributed by atoms with Crippen molar-refractivity contribution in [1.29, 1.82) is 0 Å². The lowest BCUT2D eigenvalue weighted by Gasteiger charge is -2.42. The van der Waals surface area contributed by atoms with E-state index in [4.69, 9.17) is 13.9 Å². The summed E-state index contributed by atoms with van der Waals surface area (Å²) in [5.41, 5.74) is 0. The van der Waals surface area contributed by atoms with Crippen LogP contribution in [-0.4, -0.2) is 40.1 Å². The Morgan fingerprint density at radius 2 is 2.00 bits per heavy atom. The molecule has 1 heterocycles. The van der Waals surface area contributed by atoms with Gasteiger partial charge in [0.25, 0.3) is 0 Å². The van der Waals surface area contributed by atoms with Gasteiger partial charge in [-0.05, 0) is 18.1 Å². The van der Waals surface area contributed by atoms with Crippen molar-refractivity contribution in [2.75, 3.05) is 13.7 Å². The molecule has 1 aliphatic rings. The summed E-state index contributed by atoms with van der Waals surface area (Å²) in [5, 5.41) is 0.0737. The number of carbonyl (C=O) groups is 2. The maximum atomic E-state index is 11.5. The normalized spacial score (nSPS) is 24.2. The summed E-state index contributed by atoms with van der Waals surface area (Å²) in [6.45, 7) is 11.0. The third-order valence-electron chi connectivity index (χ3n) is 4.27. The molecule has 5 nitrogen and oxygen atoms in total. The van der Waals surface area contributed by atoms with E-state index in [9.17, 15) is 9.59 Å². The third kappa shape index (κ3) is 4.31. The van der Waals surface area contributed by atoms with Gasteiger partial charge in [0.15, 0.2) is 8.32 Å². The van der Waals surface area contributed by atoms with Gasteiger partial charge in [-0.25, -0.2) is 0 Å². The zero-order valence-electron chi connectivity index (χ0n) is 13.3. The van der Waals surface area contributed by atoms with Crippen LogP contribution in [0.3, 0.4) is 0 Å². The first-order chi connectivity index (χ1) is 9.06. The molecule has 1 aliphatic heterocycles. The van der Waals surface area contributed by atoms with Gasteiger partial charge in [-0.2, -0.15) is 0 Å². The second-order valence-electron chi connectivity index (χ2n) is 6.84. The Bertz CT molecular complexity index is 372. The summed E-state index contributed by atoms with van der Waals surface area (Å²) in [5.74, 6) is -0.736. The summed E-state index contributed by atoms with van der Waals surface area (Å²) in [6.07, 6.45) is 0.201. The molecule has 1 fully saturated rings. The molecule has 0 spiro atoms. The van der Waals surface area contributed by atoms with Crippen LogP contribution in [0.25, 0.3) is 0 Å². The van der Waals surface area contributed by atoms with E-state index in [0.717, 1.165) is 0 Å². The second kappa shape index (κ2) is 6.26. The van der Waals surface area contributed by atoms with Crippen molar-refractivity contribution in [3.8, 4) is 0 Å². The van der Waals surface area contributed by atoms with Gasteiger partial charge in [-0.15, -0.1) is 0 Å². The molecule has 116 valence electrons. The third-order valence-corrected chi connectivity index (χ3v) is 8.78. The minimum atomic E-state index is -1.96. The Morgan fingerprint density at radius 1 is 1.40 bits per heavy atom. The molecule has 20 heavy (non-hydrogen) atoms. The van der Waals surface area contributed by atoms with Crippen LogP contribution in [-0.2, 0) is 23.5 Å². The monoisotopic (exact) mass is 302 g/mol.